The lowest BCUT2D eigenvalue weighted by molar-refractivity contribution is -0.165. The molecular weight excluding hydrogens is 316 g/mol. The molecule has 2 heterocycles. The van der Waals surface area contributed by atoms with E-state index >= 15 is 0 Å². The van der Waals surface area contributed by atoms with Crippen LogP contribution in [0.4, 0.5) is 0 Å². The SMILES string of the molecule is CCN(CC)C(=O)[C@@H]1C(=O)N[C@@]23CCCC[C@@H]2[C@@H]1c1ccccc1O3. The lowest BCUT2D eigenvalue weighted by Crippen LogP contribution is -2.70. The smallest absolute Gasteiger partial charge is 0.236 e. The van der Waals surface area contributed by atoms with Crippen molar-refractivity contribution in [3.63, 3.8) is 0 Å². The van der Waals surface area contributed by atoms with Gasteiger partial charge in [-0.3, -0.25) is 9.59 Å². The molecule has 25 heavy (non-hydrogen) atoms. The molecule has 4 rings (SSSR count). The molecule has 2 amide bonds. The predicted molar refractivity (Wildman–Crippen MR) is 94.1 cm³/mol. The van der Waals surface area contributed by atoms with Crippen LogP contribution in [0.1, 0.15) is 51.0 Å². The van der Waals surface area contributed by atoms with Gasteiger partial charge in [0.15, 0.2) is 5.72 Å². The van der Waals surface area contributed by atoms with Gasteiger partial charge in [0.1, 0.15) is 11.7 Å². The molecule has 5 nitrogen and oxygen atoms in total. The molecule has 0 aromatic heterocycles. The van der Waals surface area contributed by atoms with Crippen LogP contribution >= 0.6 is 0 Å². The van der Waals surface area contributed by atoms with Gasteiger partial charge < -0.3 is 15.0 Å². The average molecular weight is 342 g/mol. The maximum Gasteiger partial charge on any atom is 0.236 e. The third-order valence-electron chi connectivity index (χ3n) is 6.23. The molecule has 1 aromatic carbocycles. The summed E-state index contributed by atoms with van der Waals surface area (Å²) in [6.07, 6.45) is 3.97. The highest BCUT2D eigenvalue weighted by molar-refractivity contribution is 6.02. The Morgan fingerprint density at radius 3 is 2.80 bits per heavy atom. The second kappa shape index (κ2) is 6.04. The molecule has 1 saturated heterocycles. The molecule has 4 atom stereocenters. The molecule has 2 aliphatic heterocycles. The highest BCUT2D eigenvalue weighted by Crippen LogP contribution is 2.55. The van der Waals surface area contributed by atoms with Crippen molar-refractivity contribution in [1.29, 1.82) is 0 Å². The van der Waals surface area contributed by atoms with Gasteiger partial charge in [-0.25, -0.2) is 0 Å². The second-order valence-corrected chi connectivity index (χ2v) is 7.38. The van der Waals surface area contributed by atoms with Gasteiger partial charge in [-0.1, -0.05) is 24.6 Å². The summed E-state index contributed by atoms with van der Waals surface area (Å²) in [5.41, 5.74) is 0.388. The number of hydrogen-bond acceptors (Lipinski definition) is 3. The minimum atomic E-state index is -0.652. The number of rotatable bonds is 3. The predicted octanol–water partition coefficient (Wildman–Crippen LogP) is 2.66. The largest absolute Gasteiger partial charge is 0.467 e. The first-order valence-corrected chi connectivity index (χ1v) is 9.50. The minimum Gasteiger partial charge on any atom is -0.467 e. The van der Waals surface area contributed by atoms with E-state index in [1.807, 2.05) is 38.1 Å². The number of fused-ring (bicyclic) bond motifs is 2. The van der Waals surface area contributed by atoms with Crippen molar-refractivity contribution < 1.29 is 14.3 Å². The van der Waals surface area contributed by atoms with E-state index < -0.39 is 11.6 Å². The highest BCUT2D eigenvalue weighted by atomic mass is 16.5. The topological polar surface area (TPSA) is 58.6 Å². The molecule has 2 fully saturated rings. The Balaban J connectivity index is 1.83. The van der Waals surface area contributed by atoms with Crippen LogP contribution in [0.15, 0.2) is 24.3 Å². The van der Waals surface area contributed by atoms with Crippen molar-refractivity contribution in [2.45, 2.75) is 51.2 Å². The Hall–Kier alpha value is -2.04. The third kappa shape index (κ3) is 2.35. The summed E-state index contributed by atoms with van der Waals surface area (Å²) < 4.78 is 6.35. The molecule has 5 heteroatoms. The van der Waals surface area contributed by atoms with Crippen LogP contribution in [-0.4, -0.2) is 35.5 Å². The molecule has 3 aliphatic rings. The Morgan fingerprint density at radius 2 is 2.04 bits per heavy atom. The van der Waals surface area contributed by atoms with Crippen LogP contribution in [0.3, 0.4) is 0 Å². The standard InChI is InChI=1S/C20H26N2O3/c1-3-22(4-2)19(24)17-16-13-9-5-6-11-15(13)25-20(21-18(17)23)12-8-7-10-14(16)20/h5-6,9,11,14,16-17H,3-4,7-8,10,12H2,1-2H3,(H,21,23)/t14-,16+,17+,20-/m1/s1. The second-order valence-electron chi connectivity index (χ2n) is 7.38. The van der Waals surface area contributed by atoms with Gasteiger partial charge in [0.05, 0.1) is 0 Å². The van der Waals surface area contributed by atoms with Gasteiger partial charge in [0.2, 0.25) is 11.8 Å². The van der Waals surface area contributed by atoms with Gasteiger partial charge in [0, 0.05) is 31.3 Å². The van der Waals surface area contributed by atoms with Gasteiger partial charge in [0.25, 0.3) is 0 Å². The van der Waals surface area contributed by atoms with Crippen molar-refractivity contribution in [3.05, 3.63) is 29.8 Å². The van der Waals surface area contributed by atoms with Crippen molar-refractivity contribution in [2.75, 3.05) is 13.1 Å². The summed E-state index contributed by atoms with van der Waals surface area (Å²) in [6, 6.07) is 7.92. The van der Waals surface area contributed by atoms with E-state index in [0.29, 0.717) is 13.1 Å². The number of carbonyl (C=O) groups excluding carboxylic acids is 2. The van der Waals surface area contributed by atoms with Gasteiger partial charge in [-0.15, -0.1) is 0 Å². The van der Waals surface area contributed by atoms with Crippen LogP contribution in [0.5, 0.6) is 5.75 Å². The number of nitrogens with zero attached hydrogens (tertiary/aromatic N) is 1. The normalized spacial score (nSPS) is 32.7. The van der Waals surface area contributed by atoms with E-state index in [9.17, 15) is 9.59 Å². The number of ether oxygens (including phenoxy) is 1. The zero-order valence-corrected chi connectivity index (χ0v) is 15.0. The van der Waals surface area contributed by atoms with Crippen LogP contribution < -0.4 is 10.1 Å². The average Bonchev–Trinajstić information content (AvgIpc) is 2.61. The number of carbonyl (C=O) groups is 2. The van der Waals surface area contributed by atoms with Crippen molar-refractivity contribution in [2.24, 2.45) is 11.8 Å². The van der Waals surface area contributed by atoms with Gasteiger partial charge in [-0.05, 0) is 38.3 Å². The number of benzene rings is 1. The van der Waals surface area contributed by atoms with E-state index in [1.54, 1.807) is 4.90 Å². The Labute approximate surface area is 148 Å². The lowest BCUT2D eigenvalue weighted by Gasteiger charge is -2.56. The fourth-order valence-corrected chi connectivity index (χ4v) is 5.07. The fourth-order valence-electron chi connectivity index (χ4n) is 5.07. The van der Waals surface area contributed by atoms with Crippen molar-refractivity contribution >= 4 is 11.8 Å². The lowest BCUT2D eigenvalue weighted by atomic mass is 9.62. The maximum absolute atomic E-state index is 13.2. The molecule has 1 N–H and O–H groups in total. The summed E-state index contributed by atoms with van der Waals surface area (Å²) in [4.78, 5) is 28.0. The maximum atomic E-state index is 13.2. The molecule has 2 bridgehead atoms. The molecule has 1 saturated carbocycles. The van der Waals surface area contributed by atoms with E-state index in [1.165, 1.54) is 0 Å². The number of nitrogens with one attached hydrogen (secondary N) is 1. The van der Waals surface area contributed by atoms with E-state index in [0.717, 1.165) is 37.0 Å². The summed E-state index contributed by atoms with van der Waals surface area (Å²) in [7, 11) is 0. The van der Waals surface area contributed by atoms with E-state index in [2.05, 4.69) is 5.32 Å². The Bertz CT molecular complexity index is 700. The van der Waals surface area contributed by atoms with E-state index in [4.69, 9.17) is 4.74 Å². The number of amides is 2. The van der Waals surface area contributed by atoms with Crippen LogP contribution in [0.25, 0.3) is 0 Å². The highest BCUT2D eigenvalue weighted by Gasteiger charge is 2.60. The van der Waals surface area contributed by atoms with Gasteiger partial charge >= 0.3 is 0 Å². The molecule has 0 spiro atoms. The van der Waals surface area contributed by atoms with Crippen LogP contribution in [-0.2, 0) is 9.59 Å². The molecular formula is C20H26N2O3. The summed E-state index contributed by atoms with van der Waals surface area (Å²) in [6.45, 7) is 5.18. The van der Waals surface area contributed by atoms with E-state index in [-0.39, 0.29) is 23.7 Å². The molecule has 0 unspecified atom stereocenters. The summed E-state index contributed by atoms with van der Waals surface area (Å²) >= 11 is 0. The third-order valence-corrected chi connectivity index (χ3v) is 6.23. The number of piperidine rings is 1. The first-order chi connectivity index (χ1) is 12.1. The molecule has 134 valence electrons. The van der Waals surface area contributed by atoms with Crippen molar-refractivity contribution in [1.82, 2.24) is 10.2 Å². The summed E-state index contributed by atoms with van der Waals surface area (Å²) in [5.74, 6) is 0.0209. The van der Waals surface area contributed by atoms with Crippen molar-refractivity contribution in [3.8, 4) is 5.75 Å². The summed E-state index contributed by atoms with van der Waals surface area (Å²) in [5, 5.41) is 3.13. The molecule has 0 radical (unpaired) electrons. The number of hydrogen-bond donors (Lipinski definition) is 1. The Kier molecular flexibility index (Phi) is 3.97. The quantitative estimate of drug-likeness (QED) is 0.859. The fraction of sp³-hybridized carbons (Fsp3) is 0.600. The minimum absolute atomic E-state index is 0.0524. The first-order valence-electron chi connectivity index (χ1n) is 9.50. The molecule has 1 aliphatic carbocycles. The van der Waals surface area contributed by atoms with Crippen LogP contribution in [0, 0.1) is 11.8 Å². The Morgan fingerprint density at radius 1 is 1.28 bits per heavy atom. The zero-order valence-electron chi connectivity index (χ0n) is 15.0. The number of para-hydroxylation sites is 1. The van der Waals surface area contributed by atoms with Gasteiger partial charge in [-0.2, -0.15) is 0 Å². The first kappa shape index (κ1) is 16.4. The molecule has 1 aromatic rings. The van der Waals surface area contributed by atoms with Crippen LogP contribution in [0.2, 0.25) is 0 Å². The monoisotopic (exact) mass is 342 g/mol. The zero-order chi connectivity index (χ0) is 17.6.